The number of anilines is 1. The van der Waals surface area contributed by atoms with Crippen LogP contribution >= 0.6 is 11.6 Å². The Bertz CT molecular complexity index is 611. The smallest absolute Gasteiger partial charge is 0.248 e. The summed E-state index contributed by atoms with van der Waals surface area (Å²) < 4.78 is 0. The second-order valence-corrected chi connectivity index (χ2v) is 4.79. The second kappa shape index (κ2) is 5.76. The van der Waals surface area contributed by atoms with Crippen LogP contribution in [0.5, 0.6) is 0 Å². The standard InChI is InChI=1S/C15H15ClN2O/c1-10-5-6-11(7-14(10)16)9-18-13-4-2-3-12(8-13)15(17)19/h2-8,18H,9H2,1H3,(H2,17,19). The molecule has 3 N–H and O–H groups in total. The molecular weight excluding hydrogens is 260 g/mol. The molecule has 0 saturated carbocycles. The largest absolute Gasteiger partial charge is 0.381 e. The summed E-state index contributed by atoms with van der Waals surface area (Å²) in [5.74, 6) is -0.429. The summed E-state index contributed by atoms with van der Waals surface area (Å²) in [6.07, 6.45) is 0. The van der Waals surface area contributed by atoms with Gasteiger partial charge in [0.05, 0.1) is 0 Å². The van der Waals surface area contributed by atoms with Crippen molar-refractivity contribution in [3.05, 3.63) is 64.2 Å². The van der Waals surface area contributed by atoms with E-state index in [0.717, 1.165) is 21.8 Å². The number of primary amides is 1. The summed E-state index contributed by atoms with van der Waals surface area (Å²) in [6.45, 7) is 2.61. The van der Waals surface area contributed by atoms with E-state index in [-0.39, 0.29) is 0 Å². The average molecular weight is 275 g/mol. The zero-order chi connectivity index (χ0) is 13.8. The lowest BCUT2D eigenvalue weighted by molar-refractivity contribution is 0.100. The molecule has 2 aromatic carbocycles. The van der Waals surface area contributed by atoms with Gasteiger partial charge >= 0.3 is 0 Å². The molecule has 2 rings (SSSR count). The number of halogens is 1. The minimum absolute atomic E-state index is 0.429. The number of benzene rings is 2. The van der Waals surface area contributed by atoms with E-state index >= 15 is 0 Å². The predicted molar refractivity (Wildman–Crippen MR) is 78.5 cm³/mol. The van der Waals surface area contributed by atoms with Gasteiger partial charge in [-0.3, -0.25) is 4.79 Å². The molecule has 0 saturated heterocycles. The number of hydrogen-bond acceptors (Lipinski definition) is 2. The highest BCUT2D eigenvalue weighted by Gasteiger charge is 2.02. The first-order valence-corrected chi connectivity index (χ1v) is 6.33. The lowest BCUT2D eigenvalue weighted by atomic mass is 10.1. The molecule has 0 spiro atoms. The number of hydrogen-bond donors (Lipinski definition) is 2. The third-order valence-electron chi connectivity index (χ3n) is 2.88. The quantitative estimate of drug-likeness (QED) is 0.898. The van der Waals surface area contributed by atoms with Gasteiger partial charge in [-0.25, -0.2) is 0 Å². The van der Waals surface area contributed by atoms with Crippen LogP contribution in [-0.2, 0) is 6.54 Å². The van der Waals surface area contributed by atoms with Crippen molar-refractivity contribution in [2.75, 3.05) is 5.32 Å². The number of nitrogens with one attached hydrogen (secondary N) is 1. The van der Waals surface area contributed by atoms with Gasteiger partial charge in [0.25, 0.3) is 0 Å². The average Bonchev–Trinajstić information content (AvgIpc) is 2.40. The number of carbonyl (C=O) groups excluding carboxylic acids is 1. The summed E-state index contributed by atoms with van der Waals surface area (Å²) in [5, 5.41) is 3.99. The van der Waals surface area contributed by atoms with E-state index in [0.29, 0.717) is 12.1 Å². The molecule has 0 unspecified atom stereocenters. The van der Waals surface area contributed by atoms with Crippen molar-refractivity contribution >= 4 is 23.2 Å². The highest BCUT2D eigenvalue weighted by Crippen LogP contribution is 2.18. The molecule has 19 heavy (non-hydrogen) atoms. The Balaban J connectivity index is 2.07. The normalized spacial score (nSPS) is 10.2. The van der Waals surface area contributed by atoms with Crippen LogP contribution in [0.3, 0.4) is 0 Å². The van der Waals surface area contributed by atoms with Gasteiger partial charge < -0.3 is 11.1 Å². The first kappa shape index (κ1) is 13.4. The monoisotopic (exact) mass is 274 g/mol. The van der Waals surface area contributed by atoms with Gasteiger partial charge in [0, 0.05) is 22.8 Å². The molecule has 0 heterocycles. The summed E-state index contributed by atoms with van der Waals surface area (Å²) in [5.41, 5.74) is 8.73. The molecule has 3 nitrogen and oxygen atoms in total. The summed E-state index contributed by atoms with van der Waals surface area (Å²) in [6, 6.07) is 13.0. The minimum atomic E-state index is -0.429. The predicted octanol–water partition coefficient (Wildman–Crippen LogP) is 3.36. The summed E-state index contributed by atoms with van der Waals surface area (Å²) in [4.78, 5) is 11.1. The van der Waals surface area contributed by atoms with Crippen LogP contribution in [-0.4, -0.2) is 5.91 Å². The Kier molecular flexibility index (Phi) is 4.07. The van der Waals surface area contributed by atoms with Crippen LogP contribution in [0, 0.1) is 6.92 Å². The van der Waals surface area contributed by atoms with Crippen LogP contribution in [0.1, 0.15) is 21.5 Å². The van der Waals surface area contributed by atoms with Crippen molar-refractivity contribution in [3.63, 3.8) is 0 Å². The fraction of sp³-hybridized carbons (Fsp3) is 0.133. The highest BCUT2D eigenvalue weighted by molar-refractivity contribution is 6.31. The van der Waals surface area contributed by atoms with Crippen molar-refractivity contribution in [3.8, 4) is 0 Å². The van der Waals surface area contributed by atoms with Crippen molar-refractivity contribution < 1.29 is 4.79 Å². The van der Waals surface area contributed by atoms with Gasteiger partial charge in [0.15, 0.2) is 0 Å². The third-order valence-corrected chi connectivity index (χ3v) is 3.29. The number of amides is 1. The zero-order valence-corrected chi connectivity index (χ0v) is 11.4. The van der Waals surface area contributed by atoms with Crippen LogP contribution in [0.4, 0.5) is 5.69 Å². The Morgan fingerprint density at radius 2 is 2.05 bits per heavy atom. The fourth-order valence-electron chi connectivity index (χ4n) is 1.73. The molecule has 98 valence electrons. The fourth-order valence-corrected chi connectivity index (χ4v) is 1.94. The Morgan fingerprint density at radius 1 is 1.26 bits per heavy atom. The van der Waals surface area contributed by atoms with Gasteiger partial charge in [-0.05, 0) is 42.3 Å². The number of nitrogens with two attached hydrogens (primary N) is 1. The van der Waals surface area contributed by atoms with Crippen LogP contribution in [0.15, 0.2) is 42.5 Å². The van der Waals surface area contributed by atoms with E-state index in [2.05, 4.69) is 5.32 Å². The molecule has 0 atom stereocenters. The molecular formula is C15H15ClN2O. The van der Waals surface area contributed by atoms with E-state index in [1.54, 1.807) is 18.2 Å². The Hall–Kier alpha value is -2.00. The maximum absolute atomic E-state index is 11.1. The van der Waals surface area contributed by atoms with Gasteiger partial charge in [-0.15, -0.1) is 0 Å². The maximum atomic E-state index is 11.1. The van der Waals surface area contributed by atoms with Gasteiger partial charge in [-0.2, -0.15) is 0 Å². The van der Waals surface area contributed by atoms with Crippen molar-refractivity contribution in [2.45, 2.75) is 13.5 Å². The molecule has 0 aromatic heterocycles. The zero-order valence-electron chi connectivity index (χ0n) is 10.6. The van der Waals surface area contributed by atoms with E-state index in [4.69, 9.17) is 17.3 Å². The summed E-state index contributed by atoms with van der Waals surface area (Å²) >= 11 is 6.07. The van der Waals surface area contributed by atoms with Gasteiger partial charge in [-0.1, -0.05) is 29.8 Å². The van der Waals surface area contributed by atoms with E-state index < -0.39 is 5.91 Å². The van der Waals surface area contributed by atoms with E-state index in [1.165, 1.54) is 0 Å². The molecule has 2 aromatic rings. The minimum Gasteiger partial charge on any atom is -0.381 e. The second-order valence-electron chi connectivity index (χ2n) is 4.38. The lowest BCUT2D eigenvalue weighted by Crippen LogP contribution is -2.11. The third kappa shape index (κ3) is 3.48. The van der Waals surface area contributed by atoms with Crippen LogP contribution < -0.4 is 11.1 Å². The van der Waals surface area contributed by atoms with E-state index in [1.807, 2.05) is 31.2 Å². The maximum Gasteiger partial charge on any atom is 0.248 e. The van der Waals surface area contributed by atoms with E-state index in [9.17, 15) is 4.79 Å². The first-order chi connectivity index (χ1) is 9.06. The molecule has 1 amide bonds. The number of carbonyl (C=O) groups is 1. The topological polar surface area (TPSA) is 55.1 Å². The van der Waals surface area contributed by atoms with Crippen molar-refractivity contribution in [2.24, 2.45) is 5.73 Å². The van der Waals surface area contributed by atoms with Crippen molar-refractivity contribution in [1.29, 1.82) is 0 Å². The molecule has 0 radical (unpaired) electrons. The van der Waals surface area contributed by atoms with Crippen LogP contribution in [0.25, 0.3) is 0 Å². The molecule has 0 aliphatic rings. The highest BCUT2D eigenvalue weighted by atomic mass is 35.5. The van der Waals surface area contributed by atoms with Crippen molar-refractivity contribution in [1.82, 2.24) is 0 Å². The lowest BCUT2D eigenvalue weighted by Gasteiger charge is -2.08. The molecule has 0 bridgehead atoms. The first-order valence-electron chi connectivity index (χ1n) is 5.95. The molecule has 0 aliphatic carbocycles. The molecule has 0 aliphatic heterocycles. The Labute approximate surface area is 117 Å². The number of rotatable bonds is 4. The van der Waals surface area contributed by atoms with Gasteiger partial charge in [0.1, 0.15) is 0 Å². The molecule has 0 fully saturated rings. The molecule has 4 heteroatoms. The summed E-state index contributed by atoms with van der Waals surface area (Å²) in [7, 11) is 0. The van der Waals surface area contributed by atoms with Crippen LogP contribution in [0.2, 0.25) is 5.02 Å². The Morgan fingerprint density at radius 3 is 2.74 bits per heavy atom. The number of aryl methyl sites for hydroxylation is 1. The van der Waals surface area contributed by atoms with Gasteiger partial charge in [0.2, 0.25) is 5.91 Å². The SMILES string of the molecule is Cc1ccc(CNc2cccc(C(N)=O)c2)cc1Cl.